The van der Waals surface area contributed by atoms with Crippen molar-refractivity contribution in [1.82, 2.24) is 10.4 Å². The standard InChI is InChI=1S/C17H18I2N4O/c18-7-11-23(12-8-19)16-3-1-14(2-4-16)13-21-22-17(24)15-5-9-20-10-6-15/h1-6,9-10,13H,7-8,11-12H2,(H,22,24). The number of hydrogen-bond acceptors (Lipinski definition) is 4. The summed E-state index contributed by atoms with van der Waals surface area (Å²) in [6.45, 7) is 2.08. The van der Waals surface area contributed by atoms with Gasteiger partial charge in [0.05, 0.1) is 6.21 Å². The molecule has 0 atom stereocenters. The molecule has 5 nitrogen and oxygen atoms in total. The summed E-state index contributed by atoms with van der Waals surface area (Å²) in [5, 5.41) is 4.00. The zero-order valence-electron chi connectivity index (χ0n) is 13.0. The van der Waals surface area contributed by atoms with E-state index in [-0.39, 0.29) is 5.91 Å². The van der Waals surface area contributed by atoms with Gasteiger partial charge < -0.3 is 4.90 Å². The predicted octanol–water partition coefficient (Wildman–Crippen LogP) is 3.52. The van der Waals surface area contributed by atoms with Crippen molar-refractivity contribution >= 4 is 63.0 Å². The van der Waals surface area contributed by atoms with Crippen LogP contribution in [0.25, 0.3) is 0 Å². The van der Waals surface area contributed by atoms with Crippen molar-refractivity contribution in [3.8, 4) is 0 Å². The largest absolute Gasteiger partial charge is 0.370 e. The van der Waals surface area contributed by atoms with Gasteiger partial charge in [-0.05, 0) is 29.8 Å². The minimum Gasteiger partial charge on any atom is -0.370 e. The Balaban J connectivity index is 1.94. The highest BCUT2D eigenvalue weighted by Gasteiger charge is 2.05. The zero-order chi connectivity index (χ0) is 17.2. The molecule has 126 valence electrons. The molecular formula is C17H18I2N4O. The Morgan fingerprint density at radius 2 is 1.71 bits per heavy atom. The molecular weight excluding hydrogens is 530 g/mol. The minimum absolute atomic E-state index is 0.250. The summed E-state index contributed by atoms with van der Waals surface area (Å²) >= 11 is 4.79. The summed E-state index contributed by atoms with van der Waals surface area (Å²) in [4.78, 5) is 18.1. The third kappa shape index (κ3) is 6.00. The molecule has 0 radical (unpaired) electrons. The molecule has 0 saturated carbocycles. The fraction of sp³-hybridized carbons (Fsp3) is 0.235. The number of alkyl halides is 2. The first-order valence-electron chi connectivity index (χ1n) is 7.45. The number of carbonyl (C=O) groups excluding carboxylic acids is 1. The van der Waals surface area contributed by atoms with E-state index in [1.165, 1.54) is 5.69 Å². The van der Waals surface area contributed by atoms with E-state index >= 15 is 0 Å². The summed E-state index contributed by atoms with van der Waals surface area (Å²) in [7, 11) is 0. The summed E-state index contributed by atoms with van der Waals surface area (Å²) in [6.07, 6.45) is 4.80. The Labute approximate surface area is 169 Å². The molecule has 24 heavy (non-hydrogen) atoms. The molecule has 2 rings (SSSR count). The summed E-state index contributed by atoms with van der Waals surface area (Å²) in [5.74, 6) is -0.250. The highest BCUT2D eigenvalue weighted by atomic mass is 127. The average molecular weight is 548 g/mol. The van der Waals surface area contributed by atoms with Crippen LogP contribution < -0.4 is 10.3 Å². The van der Waals surface area contributed by atoms with E-state index in [4.69, 9.17) is 0 Å². The van der Waals surface area contributed by atoms with Crippen LogP contribution in [-0.4, -0.2) is 39.1 Å². The number of hydrogen-bond donors (Lipinski definition) is 1. The van der Waals surface area contributed by atoms with Crippen LogP contribution >= 0.6 is 45.2 Å². The van der Waals surface area contributed by atoms with Gasteiger partial charge in [0, 0.05) is 45.6 Å². The predicted molar refractivity (Wildman–Crippen MR) is 116 cm³/mol. The fourth-order valence-electron chi connectivity index (χ4n) is 2.08. The Morgan fingerprint density at radius 1 is 1.08 bits per heavy atom. The minimum atomic E-state index is -0.250. The Morgan fingerprint density at radius 3 is 2.29 bits per heavy atom. The highest BCUT2D eigenvalue weighted by molar-refractivity contribution is 14.1. The van der Waals surface area contributed by atoms with E-state index in [9.17, 15) is 4.79 Å². The van der Waals surface area contributed by atoms with Crippen molar-refractivity contribution in [3.63, 3.8) is 0 Å². The number of nitrogens with one attached hydrogen (secondary N) is 1. The SMILES string of the molecule is O=C(NN=Cc1ccc(N(CCI)CCI)cc1)c1ccncc1. The molecule has 0 saturated heterocycles. The highest BCUT2D eigenvalue weighted by Crippen LogP contribution is 2.15. The van der Waals surface area contributed by atoms with Crippen molar-refractivity contribution in [3.05, 3.63) is 59.9 Å². The number of pyridine rings is 1. The number of halogens is 2. The van der Waals surface area contributed by atoms with Gasteiger partial charge in [-0.25, -0.2) is 5.43 Å². The lowest BCUT2D eigenvalue weighted by molar-refractivity contribution is 0.0955. The third-order valence-electron chi connectivity index (χ3n) is 3.29. The zero-order valence-corrected chi connectivity index (χ0v) is 17.3. The monoisotopic (exact) mass is 548 g/mol. The Hall–Kier alpha value is -1.23. The van der Waals surface area contributed by atoms with Crippen LogP contribution in [0.15, 0.2) is 53.9 Å². The molecule has 0 fully saturated rings. The smallest absolute Gasteiger partial charge is 0.271 e. The van der Waals surface area contributed by atoms with E-state index in [0.717, 1.165) is 27.5 Å². The number of aromatic nitrogens is 1. The molecule has 0 aliphatic heterocycles. The van der Waals surface area contributed by atoms with Crippen LogP contribution in [0, 0.1) is 0 Å². The molecule has 1 amide bonds. The maximum absolute atomic E-state index is 11.9. The number of benzene rings is 1. The maximum Gasteiger partial charge on any atom is 0.271 e. The molecule has 1 aromatic carbocycles. The van der Waals surface area contributed by atoms with E-state index in [0.29, 0.717) is 5.56 Å². The maximum atomic E-state index is 11.9. The summed E-state index contributed by atoms with van der Waals surface area (Å²) in [6, 6.07) is 11.5. The van der Waals surface area contributed by atoms with Crippen molar-refractivity contribution in [2.75, 3.05) is 26.8 Å². The van der Waals surface area contributed by atoms with Gasteiger partial charge >= 0.3 is 0 Å². The molecule has 7 heteroatoms. The van der Waals surface area contributed by atoms with Gasteiger partial charge in [-0.1, -0.05) is 57.3 Å². The summed E-state index contributed by atoms with van der Waals surface area (Å²) < 4.78 is 2.19. The van der Waals surface area contributed by atoms with E-state index < -0.39 is 0 Å². The molecule has 2 aromatic rings. The second-order valence-corrected chi connectivity index (χ2v) is 7.05. The molecule has 1 aromatic heterocycles. The van der Waals surface area contributed by atoms with Crippen LogP contribution in [0.1, 0.15) is 15.9 Å². The first kappa shape index (κ1) is 19.1. The van der Waals surface area contributed by atoms with Crippen LogP contribution in [-0.2, 0) is 0 Å². The number of carbonyl (C=O) groups is 1. The Bertz CT molecular complexity index is 656. The van der Waals surface area contributed by atoms with Crippen molar-refractivity contribution in [2.24, 2.45) is 5.10 Å². The molecule has 0 bridgehead atoms. The van der Waals surface area contributed by atoms with E-state index in [2.05, 4.69) is 77.7 Å². The fourth-order valence-corrected chi connectivity index (χ4v) is 3.24. The van der Waals surface area contributed by atoms with Gasteiger partial charge in [0.15, 0.2) is 0 Å². The van der Waals surface area contributed by atoms with Crippen LogP contribution in [0.3, 0.4) is 0 Å². The van der Waals surface area contributed by atoms with Crippen molar-refractivity contribution < 1.29 is 4.79 Å². The molecule has 0 aliphatic rings. The molecule has 0 unspecified atom stereocenters. The van der Waals surface area contributed by atoms with Gasteiger partial charge in [-0.15, -0.1) is 0 Å². The van der Waals surface area contributed by atoms with Gasteiger partial charge in [0.2, 0.25) is 0 Å². The van der Waals surface area contributed by atoms with Gasteiger partial charge in [0.25, 0.3) is 5.91 Å². The lowest BCUT2D eigenvalue weighted by atomic mass is 10.2. The molecule has 0 aliphatic carbocycles. The van der Waals surface area contributed by atoms with Gasteiger partial charge in [0.1, 0.15) is 0 Å². The van der Waals surface area contributed by atoms with Crippen molar-refractivity contribution in [1.29, 1.82) is 0 Å². The quantitative estimate of drug-likeness (QED) is 0.238. The number of rotatable bonds is 8. The molecule has 0 spiro atoms. The molecule has 1 N–H and O–H groups in total. The van der Waals surface area contributed by atoms with Crippen LogP contribution in [0.5, 0.6) is 0 Å². The average Bonchev–Trinajstić information content (AvgIpc) is 2.63. The van der Waals surface area contributed by atoms with E-state index in [1.807, 2.05) is 12.1 Å². The third-order valence-corrected chi connectivity index (χ3v) is 4.25. The first-order valence-corrected chi connectivity index (χ1v) is 10.5. The van der Waals surface area contributed by atoms with Crippen LogP contribution in [0.2, 0.25) is 0 Å². The molecule has 1 heterocycles. The lowest BCUT2D eigenvalue weighted by Gasteiger charge is -2.23. The van der Waals surface area contributed by atoms with Gasteiger partial charge in [-0.3, -0.25) is 9.78 Å². The number of anilines is 1. The lowest BCUT2D eigenvalue weighted by Crippen LogP contribution is -2.27. The number of amides is 1. The second kappa shape index (κ2) is 10.6. The number of nitrogens with zero attached hydrogens (tertiary/aromatic N) is 3. The van der Waals surface area contributed by atoms with E-state index in [1.54, 1.807) is 30.7 Å². The second-order valence-electron chi connectivity index (χ2n) is 4.89. The number of hydrazone groups is 1. The topological polar surface area (TPSA) is 57.6 Å². The summed E-state index contributed by atoms with van der Waals surface area (Å²) in [5.41, 5.74) is 5.20. The first-order chi connectivity index (χ1) is 11.7. The Kier molecular flexibility index (Phi) is 8.43. The van der Waals surface area contributed by atoms with Gasteiger partial charge in [-0.2, -0.15) is 5.10 Å². The van der Waals surface area contributed by atoms with Crippen molar-refractivity contribution in [2.45, 2.75) is 0 Å². The van der Waals surface area contributed by atoms with Crippen LogP contribution in [0.4, 0.5) is 5.69 Å². The normalized spacial score (nSPS) is 10.8.